The van der Waals surface area contributed by atoms with Crippen molar-refractivity contribution in [2.75, 3.05) is 24.6 Å². The zero-order valence-corrected chi connectivity index (χ0v) is 15.6. The summed E-state index contributed by atoms with van der Waals surface area (Å²) in [6.45, 7) is 2.41. The number of nitrogens with two attached hydrogens (primary N) is 1. The maximum atomic E-state index is 12.0. The molecule has 0 aliphatic carbocycles. The second-order valence-corrected chi connectivity index (χ2v) is 8.44. The summed E-state index contributed by atoms with van der Waals surface area (Å²) in [5.74, 6) is 0.869. The van der Waals surface area contributed by atoms with E-state index in [2.05, 4.69) is 24.9 Å². The average molecular weight is 385 g/mol. The molecule has 140 valence electrons. The minimum atomic E-state index is -3.19. The Morgan fingerprint density at radius 1 is 1.30 bits per heavy atom. The third-order valence-corrected chi connectivity index (χ3v) is 6.39. The molecule has 0 aromatic carbocycles. The number of fused-ring (bicyclic) bond motifs is 1. The molecule has 0 radical (unpaired) electrons. The highest BCUT2D eigenvalue weighted by Crippen LogP contribution is 2.27. The molecule has 1 aliphatic heterocycles. The summed E-state index contributed by atoms with van der Waals surface area (Å²) in [6, 6.07) is 3.66. The van der Waals surface area contributed by atoms with Gasteiger partial charge in [-0.2, -0.15) is 4.31 Å². The molecular formula is C17H19N7O2S. The number of sulfonamides is 1. The number of aromatic nitrogens is 5. The van der Waals surface area contributed by atoms with Crippen molar-refractivity contribution in [3.8, 4) is 11.5 Å². The molecule has 3 aromatic heterocycles. The van der Waals surface area contributed by atoms with Gasteiger partial charge in [0.2, 0.25) is 10.0 Å². The maximum absolute atomic E-state index is 12.0. The van der Waals surface area contributed by atoms with E-state index in [0.717, 1.165) is 11.1 Å². The van der Waals surface area contributed by atoms with Crippen LogP contribution in [0.1, 0.15) is 19.0 Å². The van der Waals surface area contributed by atoms with Crippen molar-refractivity contribution in [3.05, 3.63) is 36.3 Å². The Hall–Kier alpha value is -2.85. The Balaban J connectivity index is 1.67. The molecule has 0 atom stereocenters. The number of nitrogens with one attached hydrogen (secondary N) is 1. The molecule has 0 bridgehead atoms. The van der Waals surface area contributed by atoms with Crippen LogP contribution in [0.5, 0.6) is 0 Å². The monoisotopic (exact) mass is 385 g/mol. The van der Waals surface area contributed by atoms with Crippen LogP contribution in [-0.4, -0.2) is 56.5 Å². The van der Waals surface area contributed by atoms with E-state index in [-0.39, 0.29) is 11.6 Å². The van der Waals surface area contributed by atoms with E-state index >= 15 is 0 Å². The molecule has 3 N–H and O–H groups in total. The topological polar surface area (TPSA) is 131 Å². The molecule has 1 aliphatic rings. The molecular weight excluding hydrogens is 366 g/mol. The summed E-state index contributed by atoms with van der Waals surface area (Å²) in [7, 11) is -3.19. The first-order chi connectivity index (χ1) is 13.0. The van der Waals surface area contributed by atoms with Gasteiger partial charge < -0.3 is 10.7 Å². The first-order valence-corrected chi connectivity index (χ1v) is 10.2. The van der Waals surface area contributed by atoms with Crippen LogP contribution in [0.25, 0.3) is 28.3 Å². The molecule has 4 rings (SSSR count). The van der Waals surface area contributed by atoms with Crippen LogP contribution in [0, 0.1) is 0 Å². The lowest BCUT2D eigenvalue weighted by Crippen LogP contribution is -2.35. The van der Waals surface area contributed by atoms with Crippen LogP contribution >= 0.6 is 0 Å². The van der Waals surface area contributed by atoms with Crippen molar-refractivity contribution in [2.45, 2.75) is 13.3 Å². The number of anilines is 1. The number of hydrogen-bond acceptors (Lipinski definition) is 7. The zero-order valence-electron chi connectivity index (χ0n) is 14.8. The smallest absolute Gasteiger partial charge is 0.214 e. The molecule has 0 unspecified atom stereocenters. The lowest BCUT2D eigenvalue weighted by molar-refractivity contribution is 0.442. The lowest BCUT2D eigenvalue weighted by atomic mass is 10.1. The number of nitrogen functional groups attached to an aromatic ring is 1. The number of aromatic amines is 1. The average Bonchev–Trinajstić information content (AvgIpc) is 3.12. The molecule has 0 fully saturated rings. The van der Waals surface area contributed by atoms with Crippen molar-refractivity contribution < 1.29 is 8.42 Å². The number of pyridine rings is 1. The standard InChI is InChI=1S/C17H19N7O2S/c1-2-27(25,26)24-8-5-11(6-9-24)13-10-20-15(18)14(21-13)17-22-12-4-3-7-19-16(12)23-17/h3-5,7,10H,2,6,8-9H2,1H3,(H2,18,20)(H,19,22,23). The molecule has 27 heavy (non-hydrogen) atoms. The largest absolute Gasteiger partial charge is 0.382 e. The summed E-state index contributed by atoms with van der Waals surface area (Å²) in [5, 5.41) is 0. The Morgan fingerprint density at radius 2 is 2.15 bits per heavy atom. The van der Waals surface area contributed by atoms with Gasteiger partial charge in [-0.1, -0.05) is 6.08 Å². The zero-order chi connectivity index (χ0) is 19.0. The minimum absolute atomic E-state index is 0.0993. The van der Waals surface area contributed by atoms with E-state index in [1.54, 1.807) is 25.4 Å². The van der Waals surface area contributed by atoms with Crippen molar-refractivity contribution >= 4 is 32.6 Å². The van der Waals surface area contributed by atoms with E-state index < -0.39 is 10.0 Å². The third kappa shape index (κ3) is 3.28. The highest BCUT2D eigenvalue weighted by molar-refractivity contribution is 7.89. The highest BCUT2D eigenvalue weighted by Gasteiger charge is 2.23. The first-order valence-electron chi connectivity index (χ1n) is 8.59. The van der Waals surface area contributed by atoms with Crippen molar-refractivity contribution in [2.24, 2.45) is 0 Å². The van der Waals surface area contributed by atoms with Gasteiger partial charge in [-0.25, -0.2) is 28.4 Å². The van der Waals surface area contributed by atoms with E-state index in [0.29, 0.717) is 42.4 Å². The van der Waals surface area contributed by atoms with E-state index in [1.165, 1.54) is 4.31 Å². The quantitative estimate of drug-likeness (QED) is 0.694. The fraction of sp³-hybridized carbons (Fsp3) is 0.294. The van der Waals surface area contributed by atoms with Crippen LogP contribution in [0.15, 0.2) is 30.6 Å². The molecule has 0 saturated heterocycles. The second-order valence-electron chi connectivity index (χ2n) is 6.18. The van der Waals surface area contributed by atoms with Gasteiger partial charge in [0.05, 0.1) is 17.6 Å². The van der Waals surface area contributed by atoms with Crippen molar-refractivity contribution in [1.82, 2.24) is 29.2 Å². The maximum Gasteiger partial charge on any atom is 0.214 e. The number of nitrogens with zero attached hydrogens (tertiary/aromatic N) is 5. The molecule has 0 saturated carbocycles. The first kappa shape index (κ1) is 17.6. The molecule has 4 heterocycles. The van der Waals surface area contributed by atoms with Gasteiger partial charge in [-0.15, -0.1) is 0 Å². The lowest BCUT2D eigenvalue weighted by Gasteiger charge is -2.25. The number of imidazole rings is 1. The van der Waals surface area contributed by atoms with Gasteiger partial charge in [-0.05, 0) is 31.1 Å². The summed E-state index contributed by atoms with van der Waals surface area (Å²) in [6.07, 6.45) is 5.73. The summed E-state index contributed by atoms with van der Waals surface area (Å²) >= 11 is 0. The predicted octanol–water partition coefficient (Wildman–Crippen LogP) is 1.44. The number of hydrogen-bond donors (Lipinski definition) is 2. The Labute approximate surface area is 156 Å². The molecule has 9 nitrogen and oxygen atoms in total. The number of H-pyrrole nitrogens is 1. The van der Waals surface area contributed by atoms with Gasteiger partial charge in [0.15, 0.2) is 17.3 Å². The van der Waals surface area contributed by atoms with Crippen molar-refractivity contribution in [3.63, 3.8) is 0 Å². The van der Waals surface area contributed by atoms with Crippen molar-refractivity contribution in [1.29, 1.82) is 0 Å². The van der Waals surface area contributed by atoms with Crippen LogP contribution < -0.4 is 5.73 Å². The third-order valence-electron chi connectivity index (χ3n) is 4.54. The van der Waals surface area contributed by atoms with Gasteiger partial charge in [0, 0.05) is 19.3 Å². The normalized spacial score (nSPS) is 15.8. The molecule has 0 spiro atoms. The number of rotatable bonds is 4. The highest BCUT2D eigenvalue weighted by atomic mass is 32.2. The summed E-state index contributed by atoms with van der Waals surface area (Å²) < 4.78 is 25.5. The van der Waals surface area contributed by atoms with Gasteiger partial charge in [0.1, 0.15) is 11.2 Å². The summed E-state index contributed by atoms with van der Waals surface area (Å²) in [4.78, 5) is 20.7. The Kier molecular flexibility index (Phi) is 4.36. The van der Waals surface area contributed by atoms with Crippen LogP contribution in [0.3, 0.4) is 0 Å². The Morgan fingerprint density at radius 3 is 2.85 bits per heavy atom. The minimum Gasteiger partial charge on any atom is -0.382 e. The fourth-order valence-corrected chi connectivity index (χ4v) is 4.04. The van der Waals surface area contributed by atoms with E-state index in [1.807, 2.05) is 12.1 Å². The second kappa shape index (κ2) is 6.71. The molecule has 3 aromatic rings. The molecule has 0 amide bonds. The van der Waals surface area contributed by atoms with Gasteiger partial charge in [0.25, 0.3) is 0 Å². The van der Waals surface area contributed by atoms with Gasteiger partial charge in [-0.3, -0.25) is 0 Å². The van der Waals surface area contributed by atoms with E-state index in [9.17, 15) is 8.42 Å². The van der Waals surface area contributed by atoms with Crippen LogP contribution in [0.2, 0.25) is 0 Å². The van der Waals surface area contributed by atoms with Crippen LogP contribution in [0.4, 0.5) is 5.82 Å². The van der Waals surface area contributed by atoms with Gasteiger partial charge >= 0.3 is 0 Å². The fourth-order valence-electron chi connectivity index (χ4n) is 3.00. The summed E-state index contributed by atoms with van der Waals surface area (Å²) in [5.41, 5.74) is 9.44. The predicted molar refractivity (Wildman–Crippen MR) is 103 cm³/mol. The molecule has 10 heteroatoms. The Bertz CT molecular complexity index is 1100. The SMILES string of the molecule is CCS(=O)(=O)N1CC=C(c2cnc(N)c(-c3nc4cccnc4[nH]3)n2)CC1. The van der Waals surface area contributed by atoms with E-state index in [4.69, 9.17) is 5.73 Å². The van der Waals surface area contributed by atoms with Crippen LogP contribution in [-0.2, 0) is 10.0 Å².